The molecule has 0 bridgehead atoms. The molecule has 1 aliphatic rings. The highest BCUT2D eigenvalue weighted by molar-refractivity contribution is 6.42. The molecule has 2 aromatic rings. The van der Waals surface area contributed by atoms with Gasteiger partial charge in [-0.1, -0.05) is 46.9 Å². The molecule has 0 aliphatic carbocycles. The van der Waals surface area contributed by atoms with E-state index in [9.17, 15) is 4.79 Å². The second-order valence-corrected chi connectivity index (χ2v) is 8.22. The minimum absolute atomic E-state index is 0.105. The van der Waals surface area contributed by atoms with Gasteiger partial charge in [0.05, 0.1) is 10.0 Å². The van der Waals surface area contributed by atoms with Gasteiger partial charge >= 0.3 is 0 Å². The average Bonchev–Trinajstić information content (AvgIpc) is 2.57. The van der Waals surface area contributed by atoms with Crippen LogP contribution in [0.1, 0.15) is 16.7 Å². The first-order chi connectivity index (χ1) is 12.3. The molecule has 1 N–H and O–H groups in total. The molecule has 138 valence electrons. The van der Waals surface area contributed by atoms with Gasteiger partial charge in [0.2, 0.25) is 0 Å². The van der Waals surface area contributed by atoms with Crippen molar-refractivity contribution >= 4 is 40.6 Å². The number of halogens is 3. The molecule has 3 nitrogen and oxygen atoms in total. The highest BCUT2D eigenvalue weighted by Gasteiger charge is 2.43. The fourth-order valence-corrected chi connectivity index (χ4v) is 4.14. The van der Waals surface area contributed by atoms with Gasteiger partial charge in [0.15, 0.2) is 5.78 Å². The van der Waals surface area contributed by atoms with E-state index >= 15 is 0 Å². The number of hydrogen-bond acceptors (Lipinski definition) is 3. The van der Waals surface area contributed by atoms with Crippen molar-refractivity contribution in [1.82, 2.24) is 10.2 Å². The summed E-state index contributed by atoms with van der Waals surface area (Å²) in [5, 5.41) is 5.14. The van der Waals surface area contributed by atoms with Crippen molar-refractivity contribution in [1.29, 1.82) is 0 Å². The van der Waals surface area contributed by atoms with E-state index in [2.05, 4.69) is 5.32 Å². The Morgan fingerprint density at radius 2 is 1.88 bits per heavy atom. The van der Waals surface area contributed by atoms with Gasteiger partial charge in [-0.05, 0) is 61.5 Å². The lowest BCUT2D eigenvalue weighted by Crippen LogP contribution is -2.58. The van der Waals surface area contributed by atoms with Crippen LogP contribution in [-0.2, 0) is 23.2 Å². The summed E-state index contributed by atoms with van der Waals surface area (Å²) in [6.45, 7) is 1.30. The van der Waals surface area contributed by atoms with Crippen LogP contribution < -0.4 is 5.32 Å². The molecule has 0 fully saturated rings. The van der Waals surface area contributed by atoms with Gasteiger partial charge in [-0.25, -0.2) is 0 Å². The standard InChI is InChI=1S/C20H21Cl3N2O/c1-25(2)12-20(16-5-4-15(21)11-14(16)7-8-24-20)19(26)10-13-3-6-17(22)18(23)9-13/h3-6,9,11,24H,7-8,10,12H2,1-2H3. The minimum atomic E-state index is -0.770. The summed E-state index contributed by atoms with van der Waals surface area (Å²) in [5.41, 5.74) is 2.21. The molecule has 2 aromatic carbocycles. The number of benzene rings is 2. The van der Waals surface area contributed by atoms with Crippen LogP contribution in [0.2, 0.25) is 15.1 Å². The summed E-state index contributed by atoms with van der Waals surface area (Å²) in [6, 6.07) is 11.1. The van der Waals surface area contributed by atoms with Gasteiger partial charge in [-0.15, -0.1) is 0 Å². The van der Waals surface area contributed by atoms with Crippen molar-refractivity contribution in [3.8, 4) is 0 Å². The number of nitrogens with one attached hydrogen (secondary N) is 1. The van der Waals surface area contributed by atoms with Crippen molar-refractivity contribution in [2.24, 2.45) is 0 Å². The molecule has 0 saturated heterocycles. The number of hydrogen-bond donors (Lipinski definition) is 1. The van der Waals surface area contributed by atoms with Crippen molar-refractivity contribution in [2.75, 3.05) is 27.2 Å². The van der Waals surface area contributed by atoms with Gasteiger partial charge < -0.3 is 4.90 Å². The first kappa shape index (κ1) is 19.7. The molecular formula is C20H21Cl3N2O. The number of ketones is 1. The summed E-state index contributed by atoms with van der Waals surface area (Å²) >= 11 is 18.3. The normalized spacial score (nSPS) is 19.5. The second kappa shape index (κ2) is 7.87. The van der Waals surface area contributed by atoms with Crippen LogP contribution in [0.4, 0.5) is 0 Å². The van der Waals surface area contributed by atoms with E-state index in [1.165, 1.54) is 0 Å². The maximum Gasteiger partial charge on any atom is 0.163 e. The Kier molecular flexibility index (Phi) is 5.95. The van der Waals surface area contributed by atoms with Crippen LogP contribution >= 0.6 is 34.8 Å². The summed E-state index contributed by atoms with van der Waals surface area (Å²) in [4.78, 5) is 15.5. The van der Waals surface area contributed by atoms with Gasteiger partial charge in [0.1, 0.15) is 5.54 Å². The van der Waals surface area contributed by atoms with Gasteiger partial charge in [-0.2, -0.15) is 0 Å². The Morgan fingerprint density at radius 1 is 1.12 bits per heavy atom. The minimum Gasteiger partial charge on any atom is -0.307 e. The number of fused-ring (bicyclic) bond motifs is 1. The lowest BCUT2D eigenvalue weighted by Gasteiger charge is -2.41. The molecule has 26 heavy (non-hydrogen) atoms. The number of carbonyl (C=O) groups is 1. The van der Waals surface area contributed by atoms with Crippen molar-refractivity contribution in [3.05, 3.63) is 68.2 Å². The van der Waals surface area contributed by atoms with Gasteiger partial charge in [0, 0.05) is 24.5 Å². The molecule has 0 amide bonds. The number of carbonyl (C=O) groups excluding carboxylic acids is 1. The van der Waals surface area contributed by atoms with E-state index in [4.69, 9.17) is 34.8 Å². The fraction of sp³-hybridized carbons (Fsp3) is 0.350. The lowest BCUT2D eigenvalue weighted by atomic mass is 9.77. The SMILES string of the molecule is CN(C)CC1(C(=O)Cc2ccc(Cl)c(Cl)c2)NCCc2cc(Cl)ccc21. The first-order valence-corrected chi connectivity index (χ1v) is 9.61. The molecule has 0 spiro atoms. The van der Waals surface area contributed by atoms with Crippen LogP contribution in [-0.4, -0.2) is 37.9 Å². The summed E-state index contributed by atoms with van der Waals surface area (Å²) in [5.74, 6) is 0.105. The highest BCUT2D eigenvalue weighted by Crippen LogP contribution is 2.33. The van der Waals surface area contributed by atoms with E-state index in [1.54, 1.807) is 12.1 Å². The van der Waals surface area contributed by atoms with Crippen molar-refractivity contribution in [3.63, 3.8) is 0 Å². The maximum atomic E-state index is 13.5. The molecule has 0 saturated carbocycles. The molecule has 0 aromatic heterocycles. The largest absolute Gasteiger partial charge is 0.307 e. The molecule has 1 aliphatic heterocycles. The van der Waals surface area contributed by atoms with E-state index in [1.807, 2.05) is 43.3 Å². The van der Waals surface area contributed by atoms with Crippen LogP contribution in [0.25, 0.3) is 0 Å². The number of rotatable bonds is 5. The molecule has 1 unspecified atom stereocenters. The molecule has 6 heteroatoms. The van der Waals surface area contributed by atoms with E-state index in [0.717, 1.165) is 29.7 Å². The third-order valence-corrected chi connectivity index (χ3v) is 5.70. The lowest BCUT2D eigenvalue weighted by molar-refractivity contribution is -0.126. The Hall–Kier alpha value is -1.10. The Labute approximate surface area is 169 Å². The monoisotopic (exact) mass is 410 g/mol. The Morgan fingerprint density at radius 3 is 2.58 bits per heavy atom. The van der Waals surface area contributed by atoms with Crippen molar-refractivity contribution in [2.45, 2.75) is 18.4 Å². The summed E-state index contributed by atoms with van der Waals surface area (Å²) < 4.78 is 0. The van der Waals surface area contributed by atoms with E-state index in [0.29, 0.717) is 21.6 Å². The highest BCUT2D eigenvalue weighted by atomic mass is 35.5. The van der Waals surface area contributed by atoms with E-state index < -0.39 is 5.54 Å². The molecule has 3 rings (SSSR count). The predicted molar refractivity (Wildman–Crippen MR) is 109 cm³/mol. The number of likely N-dealkylation sites (N-methyl/N-ethyl adjacent to an activating group) is 1. The topological polar surface area (TPSA) is 32.3 Å². The zero-order valence-electron chi connectivity index (χ0n) is 14.8. The molecule has 1 heterocycles. The van der Waals surface area contributed by atoms with Gasteiger partial charge in [0.25, 0.3) is 0 Å². The predicted octanol–water partition coefficient (Wildman–Crippen LogP) is 4.36. The quantitative estimate of drug-likeness (QED) is 0.793. The van der Waals surface area contributed by atoms with Crippen LogP contribution in [0.5, 0.6) is 0 Å². The number of Topliss-reactive ketones (excluding diaryl/α,β-unsaturated/α-hetero) is 1. The third kappa shape index (κ3) is 3.92. The smallest absolute Gasteiger partial charge is 0.163 e. The van der Waals surface area contributed by atoms with Crippen molar-refractivity contribution < 1.29 is 4.79 Å². The zero-order chi connectivity index (χ0) is 18.9. The third-order valence-electron chi connectivity index (χ3n) is 4.73. The summed E-state index contributed by atoms with van der Waals surface area (Å²) in [6.07, 6.45) is 1.13. The first-order valence-electron chi connectivity index (χ1n) is 8.48. The molecule has 0 radical (unpaired) electrons. The van der Waals surface area contributed by atoms with Crippen LogP contribution in [0.15, 0.2) is 36.4 Å². The molecular weight excluding hydrogens is 391 g/mol. The zero-order valence-corrected chi connectivity index (χ0v) is 17.0. The molecule has 1 atom stereocenters. The van der Waals surface area contributed by atoms with Crippen LogP contribution in [0, 0.1) is 0 Å². The second-order valence-electron chi connectivity index (χ2n) is 6.97. The summed E-state index contributed by atoms with van der Waals surface area (Å²) in [7, 11) is 3.94. The van der Waals surface area contributed by atoms with E-state index in [-0.39, 0.29) is 12.2 Å². The number of nitrogens with zero attached hydrogens (tertiary/aromatic N) is 1. The van der Waals surface area contributed by atoms with Crippen LogP contribution in [0.3, 0.4) is 0 Å². The fourth-order valence-electron chi connectivity index (χ4n) is 3.63. The maximum absolute atomic E-state index is 13.5. The average molecular weight is 412 g/mol. The Bertz CT molecular complexity index is 838. The van der Waals surface area contributed by atoms with Gasteiger partial charge in [-0.3, -0.25) is 10.1 Å². The Balaban J connectivity index is 2.01.